The molecule has 0 bridgehead atoms. The van der Waals surface area contributed by atoms with Gasteiger partial charge >= 0.3 is 59.1 Å². The van der Waals surface area contributed by atoms with Crippen molar-refractivity contribution in [2.75, 3.05) is 0 Å². The van der Waals surface area contributed by atoms with Gasteiger partial charge in [0, 0.05) is 0 Å². The van der Waals surface area contributed by atoms with Crippen molar-refractivity contribution >= 4 is 101 Å². The molecule has 0 aliphatic rings. The fraction of sp³-hybridized carbons (Fsp3) is 0. The quantitative estimate of drug-likeness (QED) is 0.123. The summed E-state index contributed by atoms with van der Waals surface area (Å²) in [5.41, 5.74) is 0. The number of hydrogen-bond acceptors (Lipinski definition) is 3. The molecule has 3 nitrogen and oxygen atoms in total. The molecule has 12 aromatic carbocycles. The second-order valence-corrected chi connectivity index (χ2v) is 26.5. The minimum atomic E-state index is -2.33. The van der Waals surface area contributed by atoms with Gasteiger partial charge in [-0.3, -0.25) is 0 Å². The summed E-state index contributed by atoms with van der Waals surface area (Å²) in [6.45, 7) is 0. The van der Waals surface area contributed by atoms with Gasteiger partial charge in [-0.1, -0.05) is 364 Å². The molecule has 0 heterocycles. The van der Waals surface area contributed by atoms with E-state index in [0.29, 0.717) is 0 Å². The molecule has 0 amide bonds. The number of carbonyl (C=O) groups excluding carboxylic acids is 1. The van der Waals surface area contributed by atoms with Crippen molar-refractivity contribution in [3.63, 3.8) is 0 Å². The van der Waals surface area contributed by atoms with Crippen molar-refractivity contribution in [1.82, 2.24) is 0 Å². The molecule has 82 heavy (non-hydrogen) atoms. The first-order chi connectivity index (χ1) is 39.5. The fourth-order valence-electron chi connectivity index (χ4n) is 8.71. The van der Waals surface area contributed by atoms with Gasteiger partial charge in [0.05, 0.1) is 0 Å². The molecule has 0 atom stereocenters. The summed E-state index contributed by atoms with van der Waals surface area (Å²) in [4.78, 5) is 8.33. The van der Waals surface area contributed by atoms with Crippen molar-refractivity contribution < 1.29 is 74.1 Å². The zero-order valence-electron chi connectivity index (χ0n) is 46.2. The average Bonchev–Trinajstić information content (AvgIpc) is 3.64. The van der Waals surface area contributed by atoms with E-state index in [2.05, 4.69) is 364 Å². The Balaban J connectivity index is 0.000000170. The number of rotatable bonds is 12. The van der Waals surface area contributed by atoms with Crippen LogP contribution in [0, 0.1) is 0 Å². The van der Waals surface area contributed by atoms with Crippen LogP contribution in [0.1, 0.15) is 0 Å². The molecule has 0 saturated heterocycles. The largest absolute Gasteiger partial charge is 1.00 e. The molecule has 0 fully saturated rings. The van der Waals surface area contributed by atoms with Crippen molar-refractivity contribution in [1.29, 1.82) is 0 Å². The van der Waals surface area contributed by atoms with E-state index in [-0.39, 0.29) is 59.1 Å². The normalized spacial score (nSPS) is 10.1. The molecule has 392 valence electrons. The standard InChI is InChI=1S/4C18H15P.CH2O3.2Na/c4*1-4-10-16(11-5-1)19(17-12-6-2-7-13-17)18-14-8-3-9-15-18;2-1(3)4;;/h4*1-15H;(H2,2,3,4);;/q;;;;;2*+1/p-2. The van der Waals surface area contributed by atoms with Gasteiger partial charge in [0.25, 0.3) is 0 Å². The summed E-state index contributed by atoms with van der Waals surface area (Å²) >= 11 is 0. The monoisotopic (exact) mass is 1150 g/mol. The van der Waals surface area contributed by atoms with Crippen LogP contribution in [-0.2, 0) is 0 Å². The Morgan fingerprint density at radius 3 is 0.293 bits per heavy atom. The van der Waals surface area contributed by atoms with Crippen LogP contribution in [0.5, 0.6) is 0 Å². The Morgan fingerprint density at radius 1 is 0.171 bits per heavy atom. The van der Waals surface area contributed by atoms with Crippen LogP contribution in [0.3, 0.4) is 0 Å². The van der Waals surface area contributed by atoms with E-state index in [9.17, 15) is 0 Å². The van der Waals surface area contributed by atoms with Crippen LogP contribution in [0.25, 0.3) is 0 Å². The Kier molecular flexibility index (Phi) is 29.2. The molecule has 0 unspecified atom stereocenters. The molecular weight excluding hydrogens is 1090 g/mol. The van der Waals surface area contributed by atoms with Gasteiger partial charge in [0.15, 0.2) is 0 Å². The Labute approximate surface area is 534 Å². The molecule has 0 aromatic heterocycles. The van der Waals surface area contributed by atoms with E-state index < -0.39 is 37.8 Å². The average molecular weight is 1160 g/mol. The number of benzene rings is 12. The van der Waals surface area contributed by atoms with Gasteiger partial charge in [-0.05, 0) is 101 Å². The number of hydrogen-bond donors (Lipinski definition) is 0. The molecule has 0 aliphatic heterocycles. The maximum atomic E-state index is 8.33. The van der Waals surface area contributed by atoms with E-state index in [0.717, 1.165) is 0 Å². The van der Waals surface area contributed by atoms with Gasteiger partial charge in [0.1, 0.15) is 0 Å². The molecule has 0 aliphatic carbocycles. The first kappa shape index (κ1) is 64.8. The van der Waals surface area contributed by atoms with Crippen molar-refractivity contribution in [2.45, 2.75) is 0 Å². The Hall–Kier alpha value is -6.37. The summed E-state index contributed by atoms with van der Waals surface area (Å²) < 4.78 is 0. The minimum absolute atomic E-state index is 0. The van der Waals surface area contributed by atoms with Crippen LogP contribution in [-0.4, -0.2) is 6.16 Å². The van der Waals surface area contributed by atoms with Gasteiger partial charge in [-0.2, -0.15) is 0 Å². The summed E-state index contributed by atoms with van der Waals surface area (Å²) in [6.07, 6.45) is -2.33. The van der Waals surface area contributed by atoms with Crippen LogP contribution in [0.15, 0.2) is 364 Å². The molecule has 12 rings (SSSR count). The van der Waals surface area contributed by atoms with Gasteiger partial charge in [0.2, 0.25) is 0 Å². The van der Waals surface area contributed by atoms with Crippen LogP contribution >= 0.6 is 31.7 Å². The van der Waals surface area contributed by atoms with Crippen LogP contribution < -0.4 is 133 Å². The summed E-state index contributed by atoms with van der Waals surface area (Å²) in [7, 11) is -1.78. The predicted octanol–water partition coefficient (Wildman–Crippen LogP) is 5.34. The second-order valence-electron chi connectivity index (χ2n) is 17.6. The van der Waals surface area contributed by atoms with E-state index in [1.165, 1.54) is 63.7 Å². The van der Waals surface area contributed by atoms with E-state index >= 15 is 0 Å². The van der Waals surface area contributed by atoms with E-state index in [1.54, 1.807) is 0 Å². The zero-order valence-corrected chi connectivity index (χ0v) is 53.7. The fourth-order valence-corrected chi connectivity index (χ4v) is 17.9. The van der Waals surface area contributed by atoms with E-state index in [1.807, 2.05) is 0 Å². The summed E-state index contributed by atoms with van der Waals surface area (Å²) in [5.74, 6) is 0. The molecule has 0 saturated carbocycles. The molecule has 0 spiro atoms. The summed E-state index contributed by atoms with van der Waals surface area (Å²) in [6, 6.07) is 129. The van der Waals surface area contributed by atoms with Gasteiger partial charge < -0.3 is 15.0 Å². The molecule has 0 N–H and O–H groups in total. The van der Waals surface area contributed by atoms with Crippen LogP contribution in [0.2, 0.25) is 0 Å². The SMILES string of the molecule is O=C([O-])[O-].[Na+].[Na+].c1ccc(P(c2ccccc2)c2ccccc2)cc1.c1ccc(P(c2ccccc2)c2ccccc2)cc1.c1ccc(P(c2ccccc2)c2ccccc2)cc1.c1ccc(P(c2ccccc2)c2ccccc2)cc1. The molecule has 9 heteroatoms. The van der Waals surface area contributed by atoms with Crippen molar-refractivity contribution in [3.05, 3.63) is 364 Å². The second kappa shape index (κ2) is 37.0. The van der Waals surface area contributed by atoms with Crippen LogP contribution in [0.4, 0.5) is 4.79 Å². The summed E-state index contributed by atoms with van der Waals surface area (Å²) in [5, 5.41) is 33.4. The number of carbonyl (C=O) groups is 1. The topological polar surface area (TPSA) is 63.2 Å². The first-order valence-electron chi connectivity index (χ1n) is 26.2. The molecular formula is C73H60Na2O3P4. The third kappa shape index (κ3) is 20.5. The predicted molar refractivity (Wildman–Crippen MR) is 346 cm³/mol. The first-order valence-corrected chi connectivity index (χ1v) is 31.6. The van der Waals surface area contributed by atoms with Gasteiger partial charge in [-0.15, -0.1) is 0 Å². The third-order valence-electron chi connectivity index (χ3n) is 12.2. The molecule has 0 radical (unpaired) electrons. The third-order valence-corrected chi connectivity index (χ3v) is 21.9. The zero-order chi connectivity index (χ0) is 55.2. The minimum Gasteiger partial charge on any atom is -0.652 e. The van der Waals surface area contributed by atoms with Crippen molar-refractivity contribution in [3.8, 4) is 0 Å². The number of carboxylic acid groups (broad SMARTS) is 2. The molecule has 12 aromatic rings. The smallest absolute Gasteiger partial charge is 0.652 e. The van der Waals surface area contributed by atoms with Crippen molar-refractivity contribution in [2.24, 2.45) is 0 Å². The Bertz CT molecular complexity index is 2710. The van der Waals surface area contributed by atoms with E-state index in [4.69, 9.17) is 15.0 Å². The van der Waals surface area contributed by atoms with Gasteiger partial charge in [-0.25, -0.2) is 0 Å². The Morgan fingerprint density at radius 2 is 0.232 bits per heavy atom. The maximum Gasteiger partial charge on any atom is 1.00 e. The maximum absolute atomic E-state index is 8.33.